The summed E-state index contributed by atoms with van der Waals surface area (Å²) in [7, 11) is 1.29. The highest BCUT2D eigenvalue weighted by Gasteiger charge is 2.32. The highest BCUT2D eigenvalue weighted by molar-refractivity contribution is 5.85. The Morgan fingerprint density at radius 3 is 2.71 bits per heavy atom. The van der Waals surface area contributed by atoms with Gasteiger partial charge in [0.25, 0.3) is 0 Å². The van der Waals surface area contributed by atoms with Crippen molar-refractivity contribution in [2.24, 2.45) is 0 Å². The highest BCUT2D eigenvalue weighted by atomic mass is 19.2. The topological polar surface area (TPSA) is 46.6 Å². The van der Waals surface area contributed by atoms with Crippen LogP contribution in [0.25, 0.3) is 0 Å². The molecule has 1 heterocycles. The van der Waals surface area contributed by atoms with Gasteiger partial charge in [0.2, 0.25) is 5.91 Å². The molecule has 1 saturated heterocycles. The van der Waals surface area contributed by atoms with Gasteiger partial charge >= 0.3 is 5.97 Å². The monoisotopic (exact) mass is 297 g/mol. The molecule has 1 aromatic carbocycles. The molecule has 4 nitrogen and oxygen atoms in total. The summed E-state index contributed by atoms with van der Waals surface area (Å²) in [5.41, 5.74) is 0.382. The number of rotatable bonds is 3. The molecule has 0 N–H and O–H groups in total. The summed E-state index contributed by atoms with van der Waals surface area (Å²) in [5, 5.41) is 0. The van der Waals surface area contributed by atoms with Gasteiger partial charge in [-0.25, -0.2) is 13.6 Å². The molecule has 0 bridgehead atoms. The van der Waals surface area contributed by atoms with Crippen LogP contribution in [0.4, 0.5) is 8.78 Å². The molecule has 1 aromatic rings. The lowest BCUT2D eigenvalue weighted by Gasteiger charge is -2.33. The Balaban J connectivity index is 2.10. The Labute approximate surface area is 121 Å². The second kappa shape index (κ2) is 6.65. The van der Waals surface area contributed by atoms with Crippen molar-refractivity contribution in [3.8, 4) is 0 Å². The van der Waals surface area contributed by atoms with E-state index in [-0.39, 0.29) is 12.3 Å². The molecule has 0 unspecified atom stereocenters. The summed E-state index contributed by atoms with van der Waals surface area (Å²) in [6.07, 6.45) is 2.17. The van der Waals surface area contributed by atoms with Crippen molar-refractivity contribution in [1.82, 2.24) is 4.90 Å². The molecule has 2 rings (SSSR count). The van der Waals surface area contributed by atoms with Crippen LogP contribution in [-0.4, -0.2) is 36.5 Å². The van der Waals surface area contributed by atoms with E-state index in [0.29, 0.717) is 18.5 Å². The van der Waals surface area contributed by atoms with Crippen molar-refractivity contribution in [3.05, 3.63) is 35.4 Å². The van der Waals surface area contributed by atoms with Crippen molar-refractivity contribution in [1.29, 1.82) is 0 Å². The molecule has 0 aromatic heterocycles. The average Bonchev–Trinajstić information content (AvgIpc) is 2.50. The quantitative estimate of drug-likeness (QED) is 0.802. The maximum atomic E-state index is 13.2. The number of hydrogen-bond donors (Lipinski definition) is 0. The number of benzene rings is 1. The predicted octanol–water partition coefficient (Wildman–Crippen LogP) is 2.06. The van der Waals surface area contributed by atoms with Crippen LogP contribution in [0.5, 0.6) is 0 Å². The van der Waals surface area contributed by atoms with E-state index in [1.165, 1.54) is 18.1 Å². The third kappa shape index (κ3) is 3.56. The fourth-order valence-electron chi connectivity index (χ4n) is 2.54. The van der Waals surface area contributed by atoms with Crippen molar-refractivity contribution in [2.75, 3.05) is 13.7 Å². The molecule has 0 radical (unpaired) electrons. The fraction of sp³-hybridized carbons (Fsp3) is 0.467. The van der Waals surface area contributed by atoms with Crippen LogP contribution in [0.1, 0.15) is 24.8 Å². The third-order valence-corrected chi connectivity index (χ3v) is 3.64. The van der Waals surface area contributed by atoms with E-state index < -0.39 is 23.6 Å². The smallest absolute Gasteiger partial charge is 0.328 e. The summed E-state index contributed by atoms with van der Waals surface area (Å²) in [5.74, 6) is -2.65. The van der Waals surface area contributed by atoms with Gasteiger partial charge in [-0.15, -0.1) is 0 Å². The van der Waals surface area contributed by atoms with Crippen LogP contribution >= 0.6 is 0 Å². The van der Waals surface area contributed by atoms with E-state index in [4.69, 9.17) is 4.74 Å². The van der Waals surface area contributed by atoms with Crippen LogP contribution < -0.4 is 0 Å². The van der Waals surface area contributed by atoms with E-state index >= 15 is 0 Å². The van der Waals surface area contributed by atoms with Gasteiger partial charge in [-0.3, -0.25) is 4.79 Å². The molecular formula is C15H17F2NO3. The minimum atomic E-state index is -0.983. The van der Waals surface area contributed by atoms with Gasteiger partial charge in [-0.05, 0) is 37.0 Å². The summed E-state index contributed by atoms with van der Waals surface area (Å²) < 4.78 is 30.7. The number of esters is 1. The van der Waals surface area contributed by atoms with Crippen molar-refractivity contribution < 1.29 is 23.1 Å². The lowest BCUT2D eigenvalue weighted by molar-refractivity contribution is -0.154. The maximum absolute atomic E-state index is 13.2. The zero-order valence-corrected chi connectivity index (χ0v) is 11.8. The molecule has 1 amide bonds. The fourth-order valence-corrected chi connectivity index (χ4v) is 2.54. The van der Waals surface area contributed by atoms with Crippen LogP contribution in [0.2, 0.25) is 0 Å². The number of carbonyl (C=O) groups is 2. The SMILES string of the molecule is COC(=O)[C@H]1CCCCN1C(=O)Cc1ccc(F)c(F)c1. The number of methoxy groups -OCH3 is 1. The molecule has 1 aliphatic heterocycles. The highest BCUT2D eigenvalue weighted by Crippen LogP contribution is 2.20. The Hall–Kier alpha value is -1.98. The van der Waals surface area contributed by atoms with Gasteiger partial charge < -0.3 is 9.64 Å². The molecule has 21 heavy (non-hydrogen) atoms. The largest absolute Gasteiger partial charge is 0.467 e. The third-order valence-electron chi connectivity index (χ3n) is 3.64. The van der Waals surface area contributed by atoms with E-state index in [1.54, 1.807) is 0 Å². The Morgan fingerprint density at radius 2 is 2.05 bits per heavy atom. The molecule has 1 fully saturated rings. The van der Waals surface area contributed by atoms with Crippen molar-refractivity contribution in [2.45, 2.75) is 31.7 Å². The summed E-state index contributed by atoms with van der Waals surface area (Å²) in [6.45, 7) is 0.474. The first-order valence-corrected chi connectivity index (χ1v) is 6.84. The molecule has 1 atom stereocenters. The Bertz CT molecular complexity index is 548. The number of amides is 1. The van der Waals surface area contributed by atoms with Gasteiger partial charge in [-0.2, -0.15) is 0 Å². The number of carbonyl (C=O) groups excluding carboxylic acids is 2. The van der Waals surface area contributed by atoms with Gasteiger partial charge in [0.1, 0.15) is 6.04 Å². The summed E-state index contributed by atoms with van der Waals surface area (Å²) in [4.78, 5) is 25.5. The zero-order chi connectivity index (χ0) is 15.4. The second-order valence-corrected chi connectivity index (χ2v) is 5.05. The zero-order valence-electron chi connectivity index (χ0n) is 11.8. The number of nitrogens with zero attached hydrogens (tertiary/aromatic N) is 1. The van der Waals surface area contributed by atoms with Crippen LogP contribution in [0.15, 0.2) is 18.2 Å². The van der Waals surface area contributed by atoms with Crippen molar-refractivity contribution >= 4 is 11.9 Å². The van der Waals surface area contributed by atoms with Gasteiger partial charge in [0, 0.05) is 6.54 Å². The Morgan fingerprint density at radius 1 is 1.29 bits per heavy atom. The molecule has 114 valence electrons. The van der Waals surface area contributed by atoms with Crippen LogP contribution in [0.3, 0.4) is 0 Å². The molecule has 1 aliphatic rings. The summed E-state index contributed by atoms with van der Waals surface area (Å²) in [6, 6.07) is 2.78. The number of ether oxygens (including phenoxy) is 1. The van der Waals surface area contributed by atoms with Crippen LogP contribution in [0, 0.1) is 11.6 Å². The lowest BCUT2D eigenvalue weighted by atomic mass is 10.0. The normalized spacial score (nSPS) is 18.4. The predicted molar refractivity (Wildman–Crippen MR) is 71.4 cm³/mol. The molecular weight excluding hydrogens is 280 g/mol. The Kier molecular flexibility index (Phi) is 4.88. The molecule has 6 heteroatoms. The number of halogens is 2. The van der Waals surface area contributed by atoms with E-state index in [1.807, 2.05) is 0 Å². The minimum absolute atomic E-state index is 0.0648. The number of likely N-dealkylation sites (tertiary alicyclic amines) is 1. The maximum Gasteiger partial charge on any atom is 0.328 e. The average molecular weight is 297 g/mol. The lowest BCUT2D eigenvalue weighted by Crippen LogP contribution is -2.49. The van der Waals surface area contributed by atoms with Gasteiger partial charge in [0.15, 0.2) is 11.6 Å². The van der Waals surface area contributed by atoms with E-state index in [2.05, 4.69) is 0 Å². The first-order valence-electron chi connectivity index (χ1n) is 6.84. The minimum Gasteiger partial charge on any atom is -0.467 e. The first-order chi connectivity index (χ1) is 10.0. The summed E-state index contributed by atoms with van der Waals surface area (Å²) >= 11 is 0. The first kappa shape index (κ1) is 15.4. The van der Waals surface area contributed by atoms with Gasteiger partial charge in [-0.1, -0.05) is 6.07 Å². The number of piperidine rings is 1. The van der Waals surface area contributed by atoms with E-state index in [9.17, 15) is 18.4 Å². The number of hydrogen-bond acceptors (Lipinski definition) is 3. The molecule has 0 spiro atoms. The standard InChI is InChI=1S/C15H17F2NO3/c1-21-15(20)13-4-2-3-7-18(13)14(19)9-10-5-6-11(16)12(17)8-10/h5-6,8,13H,2-4,7,9H2,1H3/t13-/m1/s1. The van der Waals surface area contributed by atoms with Gasteiger partial charge in [0.05, 0.1) is 13.5 Å². The molecule has 0 saturated carbocycles. The van der Waals surface area contributed by atoms with E-state index in [0.717, 1.165) is 25.0 Å². The molecule has 0 aliphatic carbocycles. The van der Waals surface area contributed by atoms with Crippen LogP contribution in [-0.2, 0) is 20.7 Å². The van der Waals surface area contributed by atoms with Crippen molar-refractivity contribution in [3.63, 3.8) is 0 Å². The second-order valence-electron chi connectivity index (χ2n) is 5.05.